The van der Waals surface area contributed by atoms with Gasteiger partial charge in [0.25, 0.3) is 0 Å². The first-order valence-electron chi connectivity index (χ1n) is 6.12. The SMILES string of the molecule is CCCNC(CC(C)C)c1cccc(F)c1. The highest BCUT2D eigenvalue weighted by Crippen LogP contribution is 2.21. The third kappa shape index (κ3) is 4.31. The highest BCUT2D eigenvalue weighted by Gasteiger charge is 2.12. The maximum atomic E-state index is 13.2. The van der Waals surface area contributed by atoms with E-state index in [9.17, 15) is 4.39 Å². The molecular formula is C14H22FN. The molecule has 0 aliphatic rings. The number of hydrogen-bond acceptors (Lipinski definition) is 1. The lowest BCUT2D eigenvalue weighted by molar-refractivity contribution is 0.428. The maximum Gasteiger partial charge on any atom is 0.123 e. The van der Waals surface area contributed by atoms with Crippen molar-refractivity contribution in [2.45, 2.75) is 39.7 Å². The average molecular weight is 223 g/mol. The molecule has 0 aliphatic heterocycles. The van der Waals surface area contributed by atoms with Gasteiger partial charge < -0.3 is 5.32 Å². The Balaban J connectivity index is 2.74. The molecule has 0 saturated carbocycles. The molecule has 0 spiro atoms. The topological polar surface area (TPSA) is 12.0 Å². The summed E-state index contributed by atoms with van der Waals surface area (Å²) in [7, 11) is 0. The second kappa shape index (κ2) is 6.64. The van der Waals surface area contributed by atoms with Crippen molar-refractivity contribution in [3.63, 3.8) is 0 Å². The summed E-state index contributed by atoms with van der Waals surface area (Å²) >= 11 is 0. The van der Waals surface area contributed by atoms with Crippen LogP contribution in [0.5, 0.6) is 0 Å². The fraction of sp³-hybridized carbons (Fsp3) is 0.571. The van der Waals surface area contributed by atoms with Crippen LogP contribution in [0.2, 0.25) is 0 Å². The molecule has 0 amide bonds. The average Bonchev–Trinajstić information content (AvgIpc) is 2.23. The Morgan fingerprint density at radius 3 is 2.62 bits per heavy atom. The number of rotatable bonds is 6. The van der Waals surface area contributed by atoms with E-state index in [1.807, 2.05) is 6.07 Å². The van der Waals surface area contributed by atoms with Crippen LogP contribution in [0.25, 0.3) is 0 Å². The minimum absolute atomic E-state index is 0.149. The zero-order chi connectivity index (χ0) is 12.0. The fourth-order valence-electron chi connectivity index (χ4n) is 1.85. The Kier molecular flexibility index (Phi) is 5.47. The lowest BCUT2D eigenvalue weighted by atomic mass is 9.97. The van der Waals surface area contributed by atoms with Crippen LogP contribution in [0, 0.1) is 11.7 Å². The van der Waals surface area contributed by atoms with Crippen LogP contribution in [0.4, 0.5) is 4.39 Å². The van der Waals surface area contributed by atoms with Gasteiger partial charge in [-0.05, 0) is 43.0 Å². The predicted octanol–water partition coefficient (Wildman–Crippen LogP) is 3.91. The van der Waals surface area contributed by atoms with Crippen LogP contribution in [0.15, 0.2) is 24.3 Å². The van der Waals surface area contributed by atoms with Crippen molar-refractivity contribution in [2.75, 3.05) is 6.54 Å². The Morgan fingerprint density at radius 1 is 1.31 bits per heavy atom. The zero-order valence-corrected chi connectivity index (χ0v) is 10.5. The molecule has 1 unspecified atom stereocenters. The Labute approximate surface area is 98.1 Å². The number of nitrogens with one attached hydrogen (secondary N) is 1. The van der Waals surface area contributed by atoms with Gasteiger partial charge >= 0.3 is 0 Å². The molecule has 2 heteroatoms. The van der Waals surface area contributed by atoms with Crippen molar-refractivity contribution in [3.05, 3.63) is 35.6 Å². The first-order chi connectivity index (χ1) is 7.63. The van der Waals surface area contributed by atoms with Gasteiger partial charge in [0.1, 0.15) is 5.82 Å². The van der Waals surface area contributed by atoms with E-state index in [1.165, 1.54) is 6.07 Å². The van der Waals surface area contributed by atoms with E-state index in [-0.39, 0.29) is 11.9 Å². The standard InChI is InChI=1S/C14H22FN/c1-4-8-16-14(9-11(2)3)12-6-5-7-13(15)10-12/h5-7,10-11,14,16H,4,8-9H2,1-3H3. The molecule has 0 radical (unpaired) electrons. The van der Waals surface area contributed by atoms with Crippen molar-refractivity contribution < 1.29 is 4.39 Å². The van der Waals surface area contributed by atoms with Crippen molar-refractivity contribution in [1.29, 1.82) is 0 Å². The zero-order valence-electron chi connectivity index (χ0n) is 10.5. The summed E-state index contributed by atoms with van der Waals surface area (Å²) in [5, 5.41) is 3.48. The lowest BCUT2D eigenvalue weighted by Gasteiger charge is -2.21. The van der Waals surface area contributed by atoms with Crippen molar-refractivity contribution >= 4 is 0 Å². The first kappa shape index (κ1) is 13.2. The van der Waals surface area contributed by atoms with Crippen LogP contribution in [0.3, 0.4) is 0 Å². The van der Waals surface area contributed by atoms with Crippen LogP contribution < -0.4 is 5.32 Å². The van der Waals surface area contributed by atoms with E-state index in [1.54, 1.807) is 12.1 Å². The minimum Gasteiger partial charge on any atom is -0.310 e. The molecule has 1 aromatic carbocycles. The van der Waals surface area contributed by atoms with Crippen molar-refractivity contribution in [1.82, 2.24) is 5.32 Å². The van der Waals surface area contributed by atoms with E-state index >= 15 is 0 Å². The van der Waals surface area contributed by atoms with Crippen LogP contribution >= 0.6 is 0 Å². The van der Waals surface area contributed by atoms with E-state index in [4.69, 9.17) is 0 Å². The number of benzene rings is 1. The molecule has 0 aliphatic carbocycles. The minimum atomic E-state index is -0.149. The third-order valence-electron chi connectivity index (χ3n) is 2.60. The van der Waals surface area contributed by atoms with Gasteiger partial charge in [-0.25, -0.2) is 4.39 Å². The van der Waals surface area contributed by atoms with E-state index in [0.29, 0.717) is 5.92 Å². The maximum absolute atomic E-state index is 13.2. The van der Waals surface area contributed by atoms with E-state index < -0.39 is 0 Å². The molecule has 1 rings (SSSR count). The molecule has 90 valence electrons. The summed E-state index contributed by atoms with van der Waals surface area (Å²) in [6.45, 7) is 7.51. The van der Waals surface area contributed by atoms with Gasteiger partial charge in [-0.15, -0.1) is 0 Å². The highest BCUT2D eigenvalue weighted by molar-refractivity contribution is 5.20. The molecule has 1 nitrogen and oxygen atoms in total. The molecule has 0 bridgehead atoms. The van der Waals surface area contributed by atoms with Gasteiger partial charge in [-0.1, -0.05) is 32.9 Å². The lowest BCUT2D eigenvalue weighted by Crippen LogP contribution is -2.23. The smallest absolute Gasteiger partial charge is 0.123 e. The molecule has 0 aromatic heterocycles. The summed E-state index contributed by atoms with van der Waals surface area (Å²) in [4.78, 5) is 0. The molecule has 0 saturated heterocycles. The second-order valence-electron chi connectivity index (χ2n) is 4.69. The molecule has 1 aromatic rings. The van der Waals surface area contributed by atoms with Gasteiger partial charge in [-0.3, -0.25) is 0 Å². The first-order valence-corrected chi connectivity index (χ1v) is 6.12. The van der Waals surface area contributed by atoms with Crippen LogP contribution in [-0.4, -0.2) is 6.54 Å². The normalized spacial score (nSPS) is 13.1. The van der Waals surface area contributed by atoms with E-state index in [0.717, 1.165) is 24.9 Å². The second-order valence-corrected chi connectivity index (χ2v) is 4.69. The molecule has 16 heavy (non-hydrogen) atoms. The van der Waals surface area contributed by atoms with Gasteiger partial charge in [0, 0.05) is 6.04 Å². The summed E-state index contributed by atoms with van der Waals surface area (Å²) in [5.74, 6) is 0.460. The highest BCUT2D eigenvalue weighted by atomic mass is 19.1. The van der Waals surface area contributed by atoms with Gasteiger partial charge in [0.05, 0.1) is 0 Å². The van der Waals surface area contributed by atoms with Gasteiger partial charge in [-0.2, -0.15) is 0 Å². The molecule has 1 atom stereocenters. The van der Waals surface area contributed by atoms with Crippen LogP contribution in [0.1, 0.15) is 45.2 Å². The Morgan fingerprint density at radius 2 is 2.06 bits per heavy atom. The van der Waals surface area contributed by atoms with Crippen molar-refractivity contribution in [2.24, 2.45) is 5.92 Å². The fourth-order valence-corrected chi connectivity index (χ4v) is 1.85. The number of halogens is 1. The Bertz CT molecular complexity index is 309. The monoisotopic (exact) mass is 223 g/mol. The quantitative estimate of drug-likeness (QED) is 0.771. The molecular weight excluding hydrogens is 201 g/mol. The largest absolute Gasteiger partial charge is 0.310 e. The van der Waals surface area contributed by atoms with Gasteiger partial charge in [0.15, 0.2) is 0 Å². The number of hydrogen-bond donors (Lipinski definition) is 1. The third-order valence-corrected chi connectivity index (χ3v) is 2.60. The van der Waals surface area contributed by atoms with Gasteiger partial charge in [0.2, 0.25) is 0 Å². The Hall–Kier alpha value is -0.890. The summed E-state index contributed by atoms with van der Waals surface area (Å²) < 4.78 is 13.2. The molecule has 0 fully saturated rings. The van der Waals surface area contributed by atoms with Crippen molar-refractivity contribution in [3.8, 4) is 0 Å². The van der Waals surface area contributed by atoms with Crippen LogP contribution in [-0.2, 0) is 0 Å². The molecule has 0 heterocycles. The van der Waals surface area contributed by atoms with E-state index in [2.05, 4.69) is 26.1 Å². The summed E-state index contributed by atoms with van der Waals surface area (Å²) in [5.41, 5.74) is 1.06. The molecule has 1 N–H and O–H groups in total. The summed E-state index contributed by atoms with van der Waals surface area (Å²) in [6, 6.07) is 7.19. The predicted molar refractivity (Wildman–Crippen MR) is 66.9 cm³/mol. The summed E-state index contributed by atoms with van der Waals surface area (Å²) in [6.07, 6.45) is 2.15.